The van der Waals surface area contributed by atoms with Crippen molar-refractivity contribution in [1.82, 2.24) is 0 Å². The molecule has 25 heavy (non-hydrogen) atoms. The summed E-state index contributed by atoms with van der Waals surface area (Å²) >= 11 is 6.15. The van der Waals surface area contributed by atoms with Crippen molar-refractivity contribution in [2.45, 2.75) is 26.4 Å². The normalized spacial score (nSPS) is 15.4. The van der Waals surface area contributed by atoms with E-state index in [-0.39, 0.29) is 5.82 Å². The van der Waals surface area contributed by atoms with Crippen molar-refractivity contribution in [2.24, 2.45) is 0 Å². The smallest absolute Gasteiger partial charge is 0.133 e. The summed E-state index contributed by atoms with van der Waals surface area (Å²) in [4.78, 5) is 0. The molecule has 0 atom stereocenters. The molecule has 2 aromatic rings. The maximum atomic E-state index is 13.4. The first-order chi connectivity index (χ1) is 11.8. The molecule has 1 heterocycles. The lowest BCUT2D eigenvalue weighted by atomic mass is 9.82. The lowest BCUT2D eigenvalue weighted by Crippen LogP contribution is -2.36. The highest BCUT2D eigenvalue weighted by Crippen LogP contribution is 2.47. The van der Waals surface area contributed by atoms with Crippen LogP contribution < -0.4 is 4.74 Å². The van der Waals surface area contributed by atoms with Gasteiger partial charge in [0.1, 0.15) is 22.9 Å². The number of hydrogen-bond donors (Lipinski definition) is 0. The van der Waals surface area contributed by atoms with Crippen LogP contribution in [0.25, 0.3) is 5.57 Å². The second-order valence-electron chi connectivity index (χ2n) is 6.37. The van der Waals surface area contributed by atoms with E-state index in [1.807, 2.05) is 32.9 Å². The van der Waals surface area contributed by atoms with Crippen molar-refractivity contribution in [2.75, 3.05) is 6.61 Å². The Balaban J connectivity index is 2.32. The van der Waals surface area contributed by atoms with Gasteiger partial charge in [-0.05, 0) is 56.7 Å². The molecule has 1 aliphatic rings. The minimum absolute atomic E-state index is 0.280. The summed E-state index contributed by atoms with van der Waals surface area (Å²) in [6.45, 7) is 10.4. The molecule has 0 saturated heterocycles. The van der Waals surface area contributed by atoms with Crippen LogP contribution in [0.15, 0.2) is 60.4 Å². The van der Waals surface area contributed by atoms with Gasteiger partial charge in [0.15, 0.2) is 0 Å². The van der Waals surface area contributed by atoms with E-state index in [2.05, 4.69) is 6.58 Å². The third kappa shape index (κ3) is 3.29. The molecule has 0 radical (unpaired) electrons. The molecule has 0 bridgehead atoms. The van der Waals surface area contributed by atoms with Crippen LogP contribution in [0, 0.1) is 5.82 Å². The van der Waals surface area contributed by atoms with Gasteiger partial charge in [-0.1, -0.05) is 30.3 Å². The van der Waals surface area contributed by atoms with Gasteiger partial charge in [0.2, 0.25) is 0 Å². The highest BCUT2D eigenvalue weighted by atomic mass is 35.5. The Hall–Kier alpha value is -2.26. The first-order valence-corrected chi connectivity index (χ1v) is 8.53. The van der Waals surface area contributed by atoms with Crippen LogP contribution in [0.4, 0.5) is 4.39 Å². The fraction of sp³-hybridized carbons (Fsp3) is 0.238. The zero-order valence-corrected chi connectivity index (χ0v) is 15.3. The molecular formula is C21H20ClFO2. The van der Waals surface area contributed by atoms with Crippen LogP contribution in [0.3, 0.4) is 0 Å². The lowest BCUT2D eigenvalue weighted by molar-refractivity contribution is 0.129. The van der Waals surface area contributed by atoms with Crippen LogP contribution in [-0.4, -0.2) is 12.2 Å². The topological polar surface area (TPSA) is 18.5 Å². The number of rotatable bonds is 4. The molecule has 3 rings (SSSR count). The van der Waals surface area contributed by atoms with Crippen molar-refractivity contribution in [3.8, 4) is 5.75 Å². The molecule has 0 aromatic heterocycles. The quantitative estimate of drug-likeness (QED) is 0.624. The molecule has 0 spiro atoms. The van der Waals surface area contributed by atoms with E-state index in [0.29, 0.717) is 23.1 Å². The Bertz CT molecular complexity index is 851. The minimum atomic E-state index is -0.673. The molecular weight excluding hydrogens is 339 g/mol. The van der Waals surface area contributed by atoms with Gasteiger partial charge in [0.05, 0.1) is 6.61 Å². The van der Waals surface area contributed by atoms with Crippen molar-refractivity contribution < 1.29 is 13.9 Å². The maximum Gasteiger partial charge on any atom is 0.133 e. The van der Waals surface area contributed by atoms with E-state index in [0.717, 1.165) is 22.3 Å². The van der Waals surface area contributed by atoms with E-state index in [1.54, 1.807) is 18.2 Å². The van der Waals surface area contributed by atoms with Crippen LogP contribution in [0.2, 0.25) is 5.02 Å². The Labute approximate surface area is 152 Å². The second kappa shape index (κ2) is 6.57. The zero-order chi connectivity index (χ0) is 18.2. The van der Waals surface area contributed by atoms with E-state index < -0.39 is 5.60 Å². The van der Waals surface area contributed by atoms with Gasteiger partial charge in [0.25, 0.3) is 0 Å². The molecule has 0 saturated carbocycles. The summed E-state index contributed by atoms with van der Waals surface area (Å²) in [5, 5.41) is 0.597. The molecule has 1 aliphatic heterocycles. The Morgan fingerprint density at radius 3 is 2.52 bits per heavy atom. The van der Waals surface area contributed by atoms with Crippen LogP contribution in [0.1, 0.15) is 31.9 Å². The average Bonchev–Trinajstić information content (AvgIpc) is 2.53. The third-order valence-electron chi connectivity index (χ3n) is 4.16. The zero-order valence-electron chi connectivity index (χ0n) is 14.5. The summed E-state index contributed by atoms with van der Waals surface area (Å²) < 4.78 is 25.3. The number of halogens is 2. The summed E-state index contributed by atoms with van der Waals surface area (Å²) in [6, 6.07) is 11.9. The molecule has 130 valence electrons. The molecule has 0 unspecified atom stereocenters. The Kier molecular flexibility index (Phi) is 4.61. The van der Waals surface area contributed by atoms with Crippen molar-refractivity contribution >= 4 is 17.2 Å². The van der Waals surface area contributed by atoms with Crippen molar-refractivity contribution in [3.05, 3.63) is 82.3 Å². The number of benzene rings is 2. The first kappa shape index (κ1) is 17.6. The van der Waals surface area contributed by atoms with E-state index >= 15 is 0 Å². The van der Waals surface area contributed by atoms with Gasteiger partial charge >= 0.3 is 0 Å². The Morgan fingerprint density at radius 1 is 1.20 bits per heavy atom. The largest absolute Gasteiger partial charge is 0.494 e. The van der Waals surface area contributed by atoms with Crippen LogP contribution in [0.5, 0.6) is 5.75 Å². The van der Waals surface area contributed by atoms with E-state index in [4.69, 9.17) is 21.1 Å². The van der Waals surface area contributed by atoms with Gasteiger partial charge in [-0.15, -0.1) is 0 Å². The van der Waals surface area contributed by atoms with Crippen LogP contribution >= 0.6 is 11.6 Å². The Morgan fingerprint density at radius 2 is 1.88 bits per heavy atom. The fourth-order valence-corrected chi connectivity index (χ4v) is 3.35. The number of ether oxygens (including phenoxy) is 2. The van der Waals surface area contributed by atoms with Gasteiger partial charge in [0, 0.05) is 21.7 Å². The summed E-state index contributed by atoms with van der Waals surface area (Å²) in [5.41, 5.74) is 2.84. The van der Waals surface area contributed by atoms with E-state index in [1.165, 1.54) is 12.1 Å². The molecule has 0 aliphatic carbocycles. The summed E-state index contributed by atoms with van der Waals surface area (Å²) in [7, 11) is 0. The molecule has 0 N–H and O–H groups in total. The number of fused-ring (bicyclic) bond motifs is 1. The second-order valence-corrected chi connectivity index (χ2v) is 6.80. The van der Waals surface area contributed by atoms with E-state index in [9.17, 15) is 4.39 Å². The highest BCUT2D eigenvalue weighted by Gasteiger charge is 2.37. The molecule has 2 aromatic carbocycles. The van der Waals surface area contributed by atoms with Gasteiger partial charge < -0.3 is 9.47 Å². The maximum absolute atomic E-state index is 13.4. The standard InChI is InChI=1S/C21H20ClFO2/c1-5-24-13(2)20-19(14-6-9-16(23)10-7-14)17-11-8-15(22)12-18(17)25-21(20,3)4/h6-12H,2,5H2,1,3-4H3. The molecule has 0 fully saturated rings. The third-order valence-corrected chi connectivity index (χ3v) is 4.40. The number of hydrogen-bond acceptors (Lipinski definition) is 2. The van der Waals surface area contributed by atoms with Gasteiger partial charge in [-0.3, -0.25) is 0 Å². The molecule has 4 heteroatoms. The summed E-state index contributed by atoms with van der Waals surface area (Å²) in [5.74, 6) is 0.953. The highest BCUT2D eigenvalue weighted by molar-refractivity contribution is 6.30. The minimum Gasteiger partial charge on any atom is -0.494 e. The predicted molar refractivity (Wildman–Crippen MR) is 99.3 cm³/mol. The fourth-order valence-electron chi connectivity index (χ4n) is 3.19. The first-order valence-electron chi connectivity index (χ1n) is 8.15. The molecule has 2 nitrogen and oxygen atoms in total. The average molecular weight is 359 g/mol. The lowest BCUT2D eigenvalue weighted by Gasteiger charge is -2.37. The SMILES string of the molecule is C=C(OCC)C1=C(c2ccc(F)cc2)c2ccc(Cl)cc2OC1(C)C. The predicted octanol–water partition coefficient (Wildman–Crippen LogP) is 6.00. The van der Waals surface area contributed by atoms with Crippen molar-refractivity contribution in [3.63, 3.8) is 0 Å². The summed E-state index contributed by atoms with van der Waals surface area (Å²) in [6.07, 6.45) is 0. The van der Waals surface area contributed by atoms with Crippen molar-refractivity contribution in [1.29, 1.82) is 0 Å². The van der Waals surface area contributed by atoms with Gasteiger partial charge in [-0.25, -0.2) is 4.39 Å². The molecule has 0 amide bonds. The monoisotopic (exact) mass is 358 g/mol. The van der Waals surface area contributed by atoms with Gasteiger partial charge in [-0.2, -0.15) is 0 Å². The van der Waals surface area contributed by atoms with Crippen LogP contribution in [-0.2, 0) is 4.74 Å².